The van der Waals surface area contributed by atoms with Gasteiger partial charge in [-0.3, -0.25) is 0 Å². The minimum absolute atomic E-state index is 1.29. The van der Waals surface area contributed by atoms with Gasteiger partial charge in [0.1, 0.15) is 16.1 Å². The van der Waals surface area contributed by atoms with Crippen LogP contribution in [0.5, 0.6) is 0 Å². The second-order valence-corrected chi connectivity index (χ2v) is 16.2. The Balaban J connectivity index is 3.59. The fourth-order valence-electron chi connectivity index (χ4n) is 4.62. The van der Waals surface area contributed by atoms with Crippen LogP contribution in [0.2, 0.25) is 24.2 Å². The molecule has 0 nitrogen and oxygen atoms in total. The molecule has 1 rings (SSSR count). The van der Waals surface area contributed by atoms with Crippen LogP contribution in [0.3, 0.4) is 0 Å². The van der Waals surface area contributed by atoms with E-state index in [0.29, 0.717) is 0 Å². The van der Waals surface area contributed by atoms with Gasteiger partial charge in [-0.25, -0.2) is 0 Å². The highest BCUT2D eigenvalue weighted by atomic mass is 28.3. The fourth-order valence-corrected chi connectivity index (χ4v) is 16.7. The van der Waals surface area contributed by atoms with Gasteiger partial charge in [0.25, 0.3) is 0 Å². The van der Waals surface area contributed by atoms with E-state index in [9.17, 15) is 0 Å². The number of hydrogen-bond donors (Lipinski definition) is 0. The molecule has 2 heteroatoms. The van der Waals surface area contributed by atoms with Crippen LogP contribution in [0.15, 0.2) is 20.8 Å². The fraction of sp³-hybridized carbons (Fsp3) is 0.750. The molecule has 0 radical (unpaired) electrons. The molecule has 0 amide bonds. The lowest BCUT2D eigenvalue weighted by molar-refractivity contribution is 1.14. The van der Waals surface area contributed by atoms with Crippen molar-refractivity contribution >= 4 is 16.1 Å². The Morgan fingerprint density at radius 3 is 0.778 bits per heavy atom. The molecule has 0 unspecified atom stereocenters. The molecule has 0 atom stereocenters. The summed E-state index contributed by atoms with van der Waals surface area (Å²) in [5, 5.41) is 7.41. The molecule has 0 spiro atoms. The van der Waals surface area contributed by atoms with Crippen molar-refractivity contribution in [2.45, 2.75) is 79.6 Å². The zero-order valence-corrected chi connectivity index (χ0v) is 15.8. The molecule has 0 fully saturated rings. The van der Waals surface area contributed by atoms with Crippen LogP contribution in [0.25, 0.3) is 0 Å². The maximum atomic E-state index is 2.48. The molecule has 0 aromatic heterocycles. The van der Waals surface area contributed by atoms with Gasteiger partial charge >= 0.3 is 0 Å². The molecular formula is C16H32Si2. The van der Waals surface area contributed by atoms with Crippen molar-refractivity contribution in [3.63, 3.8) is 0 Å². The first-order valence-electron chi connectivity index (χ1n) is 7.74. The first kappa shape index (κ1) is 16.0. The average Bonchev–Trinajstić information content (AvgIpc) is 2.40. The normalized spacial score (nSPS) is 22.7. The van der Waals surface area contributed by atoms with Gasteiger partial charge in [0.05, 0.1) is 0 Å². The van der Waals surface area contributed by atoms with Gasteiger partial charge in [-0.15, -0.1) is 0 Å². The Bertz CT molecular complexity index is 314. The van der Waals surface area contributed by atoms with E-state index in [1.807, 2.05) is 20.8 Å². The summed E-state index contributed by atoms with van der Waals surface area (Å²) >= 11 is 0. The van der Waals surface area contributed by atoms with E-state index in [0.717, 1.165) is 0 Å². The molecule has 0 saturated carbocycles. The molecule has 1 heterocycles. The van der Waals surface area contributed by atoms with Crippen LogP contribution in [0, 0.1) is 0 Å². The van der Waals surface area contributed by atoms with Gasteiger partial charge < -0.3 is 0 Å². The first-order valence-corrected chi connectivity index (χ1v) is 12.6. The molecule has 0 saturated heterocycles. The van der Waals surface area contributed by atoms with Crippen LogP contribution >= 0.6 is 0 Å². The Morgan fingerprint density at radius 2 is 0.667 bits per heavy atom. The summed E-state index contributed by atoms with van der Waals surface area (Å²) in [6.45, 7) is 19.6. The topological polar surface area (TPSA) is 0 Å². The summed E-state index contributed by atoms with van der Waals surface area (Å²) < 4.78 is 0. The van der Waals surface area contributed by atoms with Gasteiger partial charge in [0.2, 0.25) is 0 Å². The molecule has 0 bridgehead atoms. The average molecular weight is 281 g/mol. The molecule has 0 aliphatic carbocycles. The predicted octanol–water partition coefficient (Wildman–Crippen LogP) is 5.81. The molecule has 0 aromatic rings. The summed E-state index contributed by atoms with van der Waals surface area (Å²) in [6.07, 6.45) is 0. The van der Waals surface area contributed by atoms with Gasteiger partial charge in [0, 0.05) is 0 Å². The van der Waals surface area contributed by atoms with E-state index < -0.39 is 16.1 Å². The summed E-state index contributed by atoms with van der Waals surface area (Å²) in [4.78, 5) is 0. The number of allylic oxidation sites excluding steroid dienone is 4. The zero-order chi connectivity index (χ0) is 14.1. The minimum atomic E-state index is -1.29. The Kier molecular flexibility index (Phi) is 4.88. The first-order chi connectivity index (χ1) is 8.37. The van der Waals surface area contributed by atoms with Gasteiger partial charge in [-0.1, -0.05) is 72.7 Å². The molecule has 0 aromatic carbocycles. The lowest BCUT2D eigenvalue weighted by Gasteiger charge is -2.47. The Morgan fingerprint density at radius 1 is 0.500 bits per heavy atom. The minimum Gasteiger partial charge on any atom is -0.0834 e. The second-order valence-electron chi connectivity index (χ2n) is 6.08. The van der Waals surface area contributed by atoms with Gasteiger partial charge in [-0.2, -0.15) is 0 Å². The molecule has 0 N–H and O–H groups in total. The predicted molar refractivity (Wildman–Crippen MR) is 90.2 cm³/mol. The second kappa shape index (κ2) is 5.50. The van der Waals surface area contributed by atoms with Crippen LogP contribution in [0.1, 0.15) is 55.4 Å². The Labute approximate surface area is 117 Å². The van der Waals surface area contributed by atoms with Crippen molar-refractivity contribution < 1.29 is 0 Å². The van der Waals surface area contributed by atoms with Gasteiger partial charge in [0.15, 0.2) is 0 Å². The summed E-state index contributed by atoms with van der Waals surface area (Å²) in [6, 6.07) is 5.59. The van der Waals surface area contributed by atoms with E-state index in [2.05, 4.69) is 55.4 Å². The molecular weight excluding hydrogens is 248 g/mol. The van der Waals surface area contributed by atoms with E-state index in [4.69, 9.17) is 0 Å². The van der Waals surface area contributed by atoms with Gasteiger partial charge in [-0.05, 0) is 27.7 Å². The number of hydrogen-bond acceptors (Lipinski definition) is 0. The maximum absolute atomic E-state index is 2.48. The maximum Gasteiger partial charge on any atom is 0.106 e. The van der Waals surface area contributed by atoms with Crippen LogP contribution in [0.4, 0.5) is 0 Å². The van der Waals surface area contributed by atoms with Crippen molar-refractivity contribution in [3.05, 3.63) is 20.8 Å². The standard InChI is InChI=1S/C16H32Si2/c1-9-17(10-2)13(5)15(7)18(11-3,12-4)16(8)14(17)6/h9-12H2,1-8H3. The van der Waals surface area contributed by atoms with Crippen LogP contribution in [-0.4, -0.2) is 16.1 Å². The Hall–Kier alpha value is -0.0862. The third-order valence-corrected chi connectivity index (χ3v) is 19.0. The summed E-state index contributed by atoms with van der Waals surface area (Å²) in [5.74, 6) is 0. The monoisotopic (exact) mass is 280 g/mol. The van der Waals surface area contributed by atoms with E-state index in [1.54, 1.807) is 0 Å². The van der Waals surface area contributed by atoms with E-state index in [-0.39, 0.29) is 0 Å². The van der Waals surface area contributed by atoms with Crippen LogP contribution < -0.4 is 0 Å². The smallest absolute Gasteiger partial charge is 0.0834 e. The molecule has 18 heavy (non-hydrogen) atoms. The van der Waals surface area contributed by atoms with Crippen molar-refractivity contribution in [2.75, 3.05) is 0 Å². The highest BCUT2D eigenvalue weighted by Crippen LogP contribution is 2.46. The third-order valence-electron chi connectivity index (χ3n) is 6.41. The van der Waals surface area contributed by atoms with Crippen LogP contribution in [-0.2, 0) is 0 Å². The quantitative estimate of drug-likeness (QED) is 0.570. The largest absolute Gasteiger partial charge is 0.106 e. The summed E-state index contributed by atoms with van der Waals surface area (Å²) in [7, 11) is -2.58. The van der Waals surface area contributed by atoms with E-state index >= 15 is 0 Å². The summed E-state index contributed by atoms with van der Waals surface area (Å²) in [5.41, 5.74) is 0. The molecule has 1 aliphatic heterocycles. The van der Waals surface area contributed by atoms with Crippen molar-refractivity contribution in [3.8, 4) is 0 Å². The van der Waals surface area contributed by atoms with E-state index in [1.165, 1.54) is 24.2 Å². The molecule has 1 aliphatic rings. The SMILES string of the molecule is CC[Si]1(CC)C(C)=C(C)[Si](CC)(CC)C(C)=C1C. The highest BCUT2D eigenvalue weighted by Gasteiger charge is 2.46. The lowest BCUT2D eigenvalue weighted by Crippen LogP contribution is -2.50. The highest BCUT2D eigenvalue weighted by molar-refractivity contribution is 7.02. The van der Waals surface area contributed by atoms with Crippen molar-refractivity contribution in [1.29, 1.82) is 0 Å². The molecule has 104 valence electrons. The van der Waals surface area contributed by atoms with Crippen molar-refractivity contribution in [2.24, 2.45) is 0 Å². The third kappa shape index (κ3) is 1.84. The lowest BCUT2D eigenvalue weighted by atomic mass is 10.5. The van der Waals surface area contributed by atoms with Crippen molar-refractivity contribution in [1.82, 2.24) is 0 Å². The zero-order valence-electron chi connectivity index (χ0n) is 13.8. The number of rotatable bonds is 4.